The first kappa shape index (κ1) is 9.39. The Morgan fingerprint density at radius 2 is 2.33 bits per heavy atom. The van der Waals surface area contributed by atoms with Crippen LogP contribution in [-0.4, -0.2) is 14.9 Å². The number of fused-ring (bicyclic) bond motifs is 1. The van der Waals surface area contributed by atoms with E-state index in [0.717, 1.165) is 28.6 Å². The molecule has 0 bridgehead atoms. The van der Waals surface area contributed by atoms with E-state index in [1.165, 1.54) is 6.08 Å². The van der Waals surface area contributed by atoms with Gasteiger partial charge in [-0.3, -0.25) is 10.1 Å². The average molecular weight is 203 g/mol. The van der Waals surface area contributed by atoms with Crippen molar-refractivity contribution in [3.05, 3.63) is 45.9 Å². The molecule has 0 radical (unpaired) electrons. The summed E-state index contributed by atoms with van der Waals surface area (Å²) in [6.07, 6.45) is 2.38. The fourth-order valence-electron chi connectivity index (χ4n) is 1.41. The highest BCUT2D eigenvalue weighted by molar-refractivity contribution is 5.78. The quantitative estimate of drug-likeness (QED) is 0.600. The van der Waals surface area contributed by atoms with Crippen molar-refractivity contribution in [3.8, 4) is 0 Å². The second-order valence-electron chi connectivity index (χ2n) is 3.20. The lowest BCUT2D eigenvalue weighted by molar-refractivity contribution is -0.400. The Morgan fingerprint density at radius 3 is 3.07 bits per heavy atom. The number of rotatable bonds is 2. The van der Waals surface area contributed by atoms with Crippen LogP contribution >= 0.6 is 0 Å². The molecule has 0 aliphatic rings. The molecule has 0 amide bonds. The number of benzene rings is 1. The van der Waals surface area contributed by atoms with Gasteiger partial charge in [0.05, 0.1) is 16.0 Å². The molecule has 1 aromatic carbocycles. The molecule has 0 saturated carbocycles. The van der Waals surface area contributed by atoms with Gasteiger partial charge in [0.25, 0.3) is 0 Å². The number of hydrogen-bond donors (Lipinski definition) is 1. The molecule has 0 spiro atoms. The SMILES string of the molecule is Cc1nc2ccc(C=C[N+](=O)[O-])cc2[nH]1. The molecular weight excluding hydrogens is 194 g/mol. The van der Waals surface area contributed by atoms with Crippen LogP contribution in [-0.2, 0) is 0 Å². The van der Waals surface area contributed by atoms with E-state index in [-0.39, 0.29) is 0 Å². The van der Waals surface area contributed by atoms with Crippen LogP contribution < -0.4 is 0 Å². The number of aromatic nitrogens is 2. The van der Waals surface area contributed by atoms with E-state index in [1.54, 1.807) is 6.07 Å². The number of H-pyrrole nitrogens is 1. The van der Waals surface area contributed by atoms with Gasteiger partial charge < -0.3 is 4.98 Å². The second kappa shape index (κ2) is 3.53. The number of aromatic amines is 1. The van der Waals surface area contributed by atoms with E-state index in [0.29, 0.717) is 0 Å². The van der Waals surface area contributed by atoms with Crippen molar-refractivity contribution in [2.45, 2.75) is 6.92 Å². The number of aryl methyl sites for hydroxylation is 1. The summed E-state index contributed by atoms with van der Waals surface area (Å²) in [5.41, 5.74) is 2.53. The van der Waals surface area contributed by atoms with Crippen LogP contribution in [0.3, 0.4) is 0 Å². The molecule has 1 aromatic heterocycles. The van der Waals surface area contributed by atoms with Crippen molar-refractivity contribution in [2.24, 2.45) is 0 Å². The van der Waals surface area contributed by atoms with Crippen molar-refractivity contribution in [1.29, 1.82) is 0 Å². The van der Waals surface area contributed by atoms with Crippen LogP contribution in [0.4, 0.5) is 0 Å². The minimum absolute atomic E-state index is 0.484. The number of nitro groups is 1. The molecular formula is C10H9N3O2. The predicted octanol–water partition coefficient (Wildman–Crippen LogP) is 2.12. The van der Waals surface area contributed by atoms with Crippen LogP contribution in [0.2, 0.25) is 0 Å². The van der Waals surface area contributed by atoms with E-state index in [4.69, 9.17) is 0 Å². The normalized spacial score (nSPS) is 11.3. The van der Waals surface area contributed by atoms with Gasteiger partial charge in [-0.25, -0.2) is 4.98 Å². The molecule has 1 heterocycles. The summed E-state index contributed by atoms with van der Waals surface area (Å²) < 4.78 is 0. The van der Waals surface area contributed by atoms with Gasteiger partial charge >= 0.3 is 0 Å². The molecule has 0 unspecified atom stereocenters. The zero-order valence-electron chi connectivity index (χ0n) is 8.10. The summed E-state index contributed by atoms with van der Waals surface area (Å²) in [7, 11) is 0. The molecule has 0 aliphatic carbocycles. The lowest BCUT2D eigenvalue weighted by Gasteiger charge is -1.91. The second-order valence-corrected chi connectivity index (χ2v) is 3.20. The zero-order chi connectivity index (χ0) is 10.8. The Kier molecular flexibility index (Phi) is 2.21. The van der Waals surface area contributed by atoms with Crippen molar-refractivity contribution < 1.29 is 4.92 Å². The first-order chi connectivity index (χ1) is 7.15. The number of imidazole rings is 1. The summed E-state index contributed by atoms with van der Waals surface area (Å²) in [5.74, 6) is 0.834. The topological polar surface area (TPSA) is 71.8 Å². The van der Waals surface area contributed by atoms with Crippen LogP contribution in [0.1, 0.15) is 11.4 Å². The summed E-state index contributed by atoms with van der Waals surface area (Å²) in [4.78, 5) is 17.0. The summed E-state index contributed by atoms with van der Waals surface area (Å²) in [6.45, 7) is 1.87. The molecule has 5 heteroatoms. The standard InChI is InChI=1S/C10H9N3O2/c1-7-11-9-3-2-8(4-5-13(14)15)6-10(9)12-7/h2-6H,1H3,(H,11,12). The first-order valence-corrected chi connectivity index (χ1v) is 4.43. The molecule has 2 aromatic rings. The van der Waals surface area contributed by atoms with Gasteiger partial charge in [-0.1, -0.05) is 6.07 Å². The molecule has 5 nitrogen and oxygen atoms in total. The number of nitrogens with one attached hydrogen (secondary N) is 1. The molecule has 0 atom stereocenters. The maximum absolute atomic E-state index is 10.1. The maximum Gasteiger partial charge on any atom is 0.235 e. The summed E-state index contributed by atoms with van der Waals surface area (Å²) in [5, 5.41) is 10.1. The Bertz CT molecular complexity index is 543. The third-order valence-electron chi connectivity index (χ3n) is 2.01. The third kappa shape index (κ3) is 2.01. The maximum atomic E-state index is 10.1. The Morgan fingerprint density at radius 1 is 1.53 bits per heavy atom. The molecule has 2 rings (SSSR count). The highest BCUT2D eigenvalue weighted by Gasteiger charge is 1.99. The minimum Gasteiger partial charge on any atom is -0.342 e. The van der Waals surface area contributed by atoms with Crippen LogP contribution in [0.5, 0.6) is 0 Å². The van der Waals surface area contributed by atoms with Gasteiger partial charge in [-0.2, -0.15) is 0 Å². The Hall–Kier alpha value is -2.17. The number of hydrogen-bond acceptors (Lipinski definition) is 3. The van der Waals surface area contributed by atoms with Gasteiger partial charge in [-0.15, -0.1) is 0 Å². The molecule has 1 N–H and O–H groups in total. The predicted molar refractivity (Wildman–Crippen MR) is 56.9 cm³/mol. The molecule has 0 fully saturated rings. The van der Waals surface area contributed by atoms with Crippen LogP contribution in [0.25, 0.3) is 17.1 Å². The van der Waals surface area contributed by atoms with Crippen molar-refractivity contribution in [1.82, 2.24) is 9.97 Å². The number of nitrogens with zero attached hydrogens (tertiary/aromatic N) is 2. The lowest BCUT2D eigenvalue weighted by atomic mass is 10.2. The van der Waals surface area contributed by atoms with Gasteiger partial charge in [0, 0.05) is 6.08 Å². The lowest BCUT2D eigenvalue weighted by Crippen LogP contribution is -1.82. The van der Waals surface area contributed by atoms with Gasteiger partial charge in [0.2, 0.25) is 6.20 Å². The monoisotopic (exact) mass is 203 g/mol. The van der Waals surface area contributed by atoms with Crippen LogP contribution in [0.15, 0.2) is 24.4 Å². The molecule has 0 aliphatic heterocycles. The van der Waals surface area contributed by atoms with E-state index in [1.807, 2.05) is 19.1 Å². The molecule has 15 heavy (non-hydrogen) atoms. The largest absolute Gasteiger partial charge is 0.342 e. The van der Waals surface area contributed by atoms with E-state index in [9.17, 15) is 10.1 Å². The van der Waals surface area contributed by atoms with Gasteiger partial charge in [-0.05, 0) is 24.6 Å². The van der Waals surface area contributed by atoms with E-state index >= 15 is 0 Å². The molecule has 0 saturated heterocycles. The highest BCUT2D eigenvalue weighted by atomic mass is 16.6. The first-order valence-electron chi connectivity index (χ1n) is 4.43. The highest BCUT2D eigenvalue weighted by Crippen LogP contribution is 2.14. The molecule has 76 valence electrons. The fourth-order valence-corrected chi connectivity index (χ4v) is 1.41. The third-order valence-corrected chi connectivity index (χ3v) is 2.01. The Balaban J connectivity index is 2.42. The average Bonchev–Trinajstić information content (AvgIpc) is 2.53. The van der Waals surface area contributed by atoms with E-state index < -0.39 is 4.92 Å². The van der Waals surface area contributed by atoms with Crippen molar-refractivity contribution in [2.75, 3.05) is 0 Å². The summed E-state index contributed by atoms with van der Waals surface area (Å²) >= 11 is 0. The fraction of sp³-hybridized carbons (Fsp3) is 0.100. The van der Waals surface area contributed by atoms with Crippen LogP contribution in [0, 0.1) is 17.0 Å². The minimum atomic E-state index is -0.484. The zero-order valence-corrected chi connectivity index (χ0v) is 8.10. The smallest absolute Gasteiger partial charge is 0.235 e. The van der Waals surface area contributed by atoms with E-state index in [2.05, 4.69) is 9.97 Å². The Labute approximate surface area is 85.6 Å². The van der Waals surface area contributed by atoms with Gasteiger partial charge in [0.1, 0.15) is 5.82 Å². The van der Waals surface area contributed by atoms with Crippen molar-refractivity contribution in [3.63, 3.8) is 0 Å². The van der Waals surface area contributed by atoms with Gasteiger partial charge in [0.15, 0.2) is 0 Å². The summed E-state index contributed by atoms with van der Waals surface area (Å²) in [6, 6.07) is 5.45. The van der Waals surface area contributed by atoms with Crippen molar-refractivity contribution >= 4 is 17.1 Å².